The van der Waals surface area contributed by atoms with Gasteiger partial charge in [-0.05, 0) is 12.1 Å². The summed E-state index contributed by atoms with van der Waals surface area (Å²) in [6.45, 7) is 0. The summed E-state index contributed by atoms with van der Waals surface area (Å²) in [5.41, 5.74) is 5.19. The highest BCUT2D eigenvalue weighted by molar-refractivity contribution is 5.87. The first-order valence-electron chi connectivity index (χ1n) is 3.58. The number of anilines is 1. The molecule has 0 spiro atoms. The molecule has 0 fully saturated rings. The second-order valence-electron chi connectivity index (χ2n) is 2.53. The average molecular weight is 163 g/mol. The Morgan fingerprint density at radius 3 is 3.08 bits per heavy atom. The van der Waals surface area contributed by atoms with Crippen LogP contribution in [0.1, 0.15) is 0 Å². The van der Waals surface area contributed by atoms with Crippen LogP contribution in [0.5, 0.6) is 0 Å². The van der Waals surface area contributed by atoms with E-state index >= 15 is 0 Å². The van der Waals surface area contributed by atoms with Gasteiger partial charge >= 0.3 is 0 Å². The molecule has 2 rings (SSSR count). The molecule has 1 aromatic heterocycles. The SMILES string of the molecule is Cn1nnc2cccc(NN)c21. The first-order valence-corrected chi connectivity index (χ1v) is 3.58. The zero-order valence-electron chi connectivity index (χ0n) is 6.65. The molecular formula is C7H9N5. The molecule has 0 saturated carbocycles. The number of aryl methyl sites for hydroxylation is 1. The van der Waals surface area contributed by atoms with Crippen molar-refractivity contribution in [2.75, 3.05) is 5.43 Å². The molecule has 0 aliphatic rings. The van der Waals surface area contributed by atoms with Gasteiger partial charge in [0.15, 0.2) is 0 Å². The van der Waals surface area contributed by atoms with Crippen LogP contribution in [0.4, 0.5) is 5.69 Å². The molecule has 2 aromatic rings. The van der Waals surface area contributed by atoms with Crippen molar-refractivity contribution in [1.29, 1.82) is 0 Å². The number of hydrogen-bond acceptors (Lipinski definition) is 4. The number of para-hydroxylation sites is 1. The molecule has 0 aliphatic carbocycles. The lowest BCUT2D eigenvalue weighted by atomic mass is 10.3. The Balaban J connectivity index is 2.84. The number of nitrogens with two attached hydrogens (primary N) is 1. The van der Waals surface area contributed by atoms with Crippen LogP contribution in [0.2, 0.25) is 0 Å². The van der Waals surface area contributed by atoms with E-state index in [1.807, 2.05) is 25.2 Å². The fourth-order valence-electron chi connectivity index (χ4n) is 1.23. The molecule has 0 atom stereocenters. The molecule has 0 radical (unpaired) electrons. The van der Waals surface area contributed by atoms with E-state index in [2.05, 4.69) is 15.7 Å². The molecule has 3 N–H and O–H groups in total. The summed E-state index contributed by atoms with van der Waals surface area (Å²) >= 11 is 0. The number of nitrogen functional groups attached to an aromatic ring is 1. The van der Waals surface area contributed by atoms with Gasteiger partial charge in [-0.15, -0.1) is 5.10 Å². The highest BCUT2D eigenvalue weighted by Gasteiger charge is 2.04. The van der Waals surface area contributed by atoms with Crippen molar-refractivity contribution in [3.63, 3.8) is 0 Å². The first kappa shape index (κ1) is 7.05. The highest BCUT2D eigenvalue weighted by Crippen LogP contribution is 2.18. The maximum absolute atomic E-state index is 5.33. The predicted molar refractivity (Wildman–Crippen MR) is 46.3 cm³/mol. The number of benzene rings is 1. The first-order chi connectivity index (χ1) is 5.83. The van der Waals surface area contributed by atoms with Crippen LogP contribution in [0.25, 0.3) is 11.0 Å². The van der Waals surface area contributed by atoms with E-state index in [1.165, 1.54) is 0 Å². The lowest BCUT2D eigenvalue weighted by Crippen LogP contribution is -2.08. The van der Waals surface area contributed by atoms with Crippen LogP contribution in [-0.4, -0.2) is 15.0 Å². The molecule has 0 bridgehead atoms. The minimum absolute atomic E-state index is 0.833. The van der Waals surface area contributed by atoms with Gasteiger partial charge in [0.1, 0.15) is 11.0 Å². The topological polar surface area (TPSA) is 68.8 Å². The van der Waals surface area contributed by atoms with Crippen molar-refractivity contribution in [2.24, 2.45) is 12.9 Å². The van der Waals surface area contributed by atoms with Crippen molar-refractivity contribution < 1.29 is 0 Å². The summed E-state index contributed by atoms with van der Waals surface area (Å²) in [5, 5.41) is 7.82. The Morgan fingerprint density at radius 1 is 1.50 bits per heavy atom. The maximum Gasteiger partial charge on any atom is 0.115 e. The number of fused-ring (bicyclic) bond motifs is 1. The van der Waals surface area contributed by atoms with E-state index in [0.29, 0.717) is 0 Å². The van der Waals surface area contributed by atoms with Crippen molar-refractivity contribution in [3.05, 3.63) is 18.2 Å². The van der Waals surface area contributed by atoms with Crippen LogP contribution in [0.3, 0.4) is 0 Å². The fraction of sp³-hybridized carbons (Fsp3) is 0.143. The second kappa shape index (κ2) is 2.46. The Kier molecular flexibility index (Phi) is 1.44. The molecule has 0 aliphatic heterocycles. The van der Waals surface area contributed by atoms with Gasteiger partial charge in [0, 0.05) is 7.05 Å². The summed E-state index contributed by atoms with van der Waals surface area (Å²) < 4.78 is 1.69. The number of rotatable bonds is 1. The minimum Gasteiger partial charge on any atom is -0.322 e. The lowest BCUT2D eigenvalue weighted by molar-refractivity contribution is 0.736. The van der Waals surface area contributed by atoms with Crippen molar-refractivity contribution in [1.82, 2.24) is 15.0 Å². The quantitative estimate of drug-likeness (QED) is 0.467. The zero-order valence-corrected chi connectivity index (χ0v) is 6.65. The van der Waals surface area contributed by atoms with Crippen LogP contribution < -0.4 is 11.3 Å². The summed E-state index contributed by atoms with van der Waals surface area (Å²) in [4.78, 5) is 0. The molecule has 12 heavy (non-hydrogen) atoms. The van der Waals surface area contributed by atoms with Gasteiger partial charge in [-0.25, -0.2) is 4.68 Å². The van der Waals surface area contributed by atoms with Gasteiger partial charge in [-0.3, -0.25) is 5.84 Å². The predicted octanol–water partition coefficient (Wildman–Crippen LogP) is 0.254. The van der Waals surface area contributed by atoms with Gasteiger partial charge in [0.2, 0.25) is 0 Å². The third kappa shape index (κ3) is 0.835. The van der Waals surface area contributed by atoms with E-state index in [9.17, 15) is 0 Å². The van der Waals surface area contributed by atoms with Crippen molar-refractivity contribution in [3.8, 4) is 0 Å². The molecule has 5 heteroatoms. The van der Waals surface area contributed by atoms with Gasteiger partial charge in [-0.1, -0.05) is 11.3 Å². The summed E-state index contributed by atoms with van der Waals surface area (Å²) in [5.74, 6) is 5.33. The van der Waals surface area contributed by atoms with E-state index in [4.69, 9.17) is 5.84 Å². The van der Waals surface area contributed by atoms with Crippen molar-refractivity contribution >= 4 is 16.7 Å². The third-order valence-electron chi connectivity index (χ3n) is 1.78. The Hall–Kier alpha value is -1.62. The van der Waals surface area contributed by atoms with Gasteiger partial charge in [0.05, 0.1) is 5.69 Å². The second-order valence-corrected chi connectivity index (χ2v) is 2.53. The number of hydrogen-bond donors (Lipinski definition) is 2. The molecule has 1 heterocycles. The number of nitrogens with one attached hydrogen (secondary N) is 1. The summed E-state index contributed by atoms with van der Waals surface area (Å²) in [7, 11) is 1.83. The van der Waals surface area contributed by atoms with Crippen LogP contribution in [0, 0.1) is 0 Å². The van der Waals surface area contributed by atoms with E-state index in [-0.39, 0.29) is 0 Å². The van der Waals surface area contributed by atoms with Gasteiger partial charge in [0.25, 0.3) is 0 Å². The third-order valence-corrected chi connectivity index (χ3v) is 1.78. The number of nitrogens with zero attached hydrogens (tertiary/aromatic N) is 3. The Morgan fingerprint density at radius 2 is 2.33 bits per heavy atom. The fourth-order valence-corrected chi connectivity index (χ4v) is 1.23. The molecular weight excluding hydrogens is 154 g/mol. The molecule has 5 nitrogen and oxygen atoms in total. The highest BCUT2D eigenvalue weighted by atomic mass is 15.4. The summed E-state index contributed by atoms with van der Waals surface area (Å²) in [6.07, 6.45) is 0. The Labute approximate surface area is 69.1 Å². The Bertz CT molecular complexity index is 405. The largest absolute Gasteiger partial charge is 0.322 e. The molecule has 62 valence electrons. The maximum atomic E-state index is 5.33. The summed E-state index contributed by atoms with van der Waals surface area (Å²) in [6, 6.07) is 5.65. The molecule has 0 saturated heterocycles. The van der Waals surface area contributed by atoms with Crippen LogP contribution in [0.15, 0.2) is 18.2 Å². The van der Waals surface area contributed by atoms with Crippen LogP contribution in [-0.2, 0) is 7.05 Å². The molecule has 0 amide bonds. The van der Waals surface area contributed by atoms with Gasteiger partial charge in [-0.2, -0.15) is 0 Å². The average Bonchev–Trinajstić information content (AvgIpc) is 2.48. The van der Waals surface area contributed by atoms with E-state index < -0.39 is 0 Å². The zero-order chi connectivity index (χ0) is 8.55. The number of hydrazine groups is 1. The lowest BCUT2D eigenvalue weighted by Gasteiger charge is -2.00. The van der Waals surface area contributed by atoms with Gasteiger partial charge < -0.3 is 5.43 Å². The van der Waals surface area contributed by atoms with E-state index in [1.54, 1.807) is 4.68 Å². The number of aromatic nitrogens is 3. The normalized spacial score (nSPS) is 10.5. The molecule has 0 unspecified atom stereocenters. The molecule has 1 aromatic carbocycles. The minimum atomic E-state index is 0.833. The van der Waals surface area contributed by atoms with Crippen LogP contribution >= 0.6 is 0 Å². The van der Waals surface area contributed by atoms with Crippen molar-refractivity contribution in [2.45, 2.75) is 0 Å². The van der Waals surface area contributed by atoms with E-state index in [0.717, 1.165) is 16.7 Å². The monoisotopic (exact) mass is 163 g/mol. The smallest absolute Gasteiger partial charge is 0.115 e. The standard InChI is InChI=1S/C7H9N5/c1-12-7-5(9-8)3-2-4-6(7)10-11-12/h2-4,9H,8H2,1H3.